The number of hydrogen-bond donors (Lipinski definition) is 1. The van der Waals surface area contributed by atoms with Crippen LogP contribution in [0.1, 0.15) is 11.3 Å². The predicted molar refractivity (Wildman–Crippen MR) is 84.3 cm³/mol. The zero-order chi connectivity index (χ0) is 14.8. The van der Waals surface area contributed by atoms with Crippen LogP contribution in [0.3, 0.4) is 0 Å². The van der Waals surface area contributed by atoms with Crippen molar-refractivity contribution in [2.75, 3.05) is 7.11 Å². The largest absolute Gasteiger partial charge is 0.480 e. The van der Waals surface area contributed by atoms with Crippen LogP contribution in [0.25, 0.3) is 4.96 Å². The molecule has 7 heteroatoms. The number of nitrogens with one attached hydrogen (secondary N) is 1. The maximum Gasteiger partial charge on any atom is 0.237 e. The van der Waals surface area contributed by atoms with Crippen LogP contribution < -0.4 is 10.1 Å². The molecule has 0 atom stereocenters. The molecule has 3 aromatic rings. The molecule has 0 saturated carbocycles. The molecular weight excluding hydrogens is 357 g/mol. The van der Waals surface area contributed by atoms with Gasteiger partial charge in [0.1, 0.15) is 11.5 Å². The van der Waals surface area contributed by atoms with Crippen molar-refractivity contribution in [2.45, 2.75) is 13.1 Å². The number of halogens is 2. The summed E-state index contributed by atoms with van der Waals surface area (Å²) in [7, 11) is 1.61. The van der Waals surface area contributed by atoms with Gasteiger partial charge in [-0.15, -0.1) is 11.3 Å². The molecule has 1 N–H and O–H groups in total. The first-order chi connectivity index (χ1) is 10.2. The molecule has 1 aromatic carbocycles. The van der Waals surface area contributed by atoms with E-state index in [0.29, 0.717) is 19.0 Å². The zero-order valence-corrected chi connectivity index (χ0v) is 13.7. The summed E-state index contributed by atoms with van der Waals surface area (Å²) >= 11 is 4.98. The molecule has 2 aromatic heterocycles. The Morgan fingerprint density at radius 3 is 3.10 bits per heavy atom. The number of imidazole rings is 1. The van der Waals surface area contributed by atoms with Gasteiger partial charge in [0.25, 0.3) is 0 Å². The molecule has 3 rings (SSSR count). The highest BCUT2D eigenvalue weighted by molar-refractivity contribution is 9.10. The molecule has 0 spiro atoms. The minimum Gasteiger partial charge on any atom is -0.480 e. The number of rotatable bonds is 5. The summed E-state index contributed by atoms with van der Waals surface area (Å²) in [6, 6.07) is 4.66. The molecule has 0 aliphatic rings. The van der Waals surface area contributed by atoms with Gasteiger partial charge in [0.05, 0.1) is 7.11 Å². The molecule has 0 aliphatic heterocycles. The van der Waals surface area contributed by atoms with Gasteiger partial charge in [-0.05, 0) is 23.8 Å². The highest BCUT2D eigenvalue weighted by Gasteiger charge is 2.13. The Morgan fingerprint density at radius 1 is 1.43 bits per heavy atom. The average molecular weight is 370 g/mol. The lowest BCUT2D eigenvalue weighted by Crippen LogP contribution is -2.15. The predicted octanol–water partition coefficient (Wildman–Crippen LogP) is 3.60. The lowest BCUT2D eigenvalue weighted by Gasteiger charge is -2.08. The monoisotopic (exact) mass is 369 g/mol. The molecular formula is C14H13BrFN3OS. The summed E-state index contributed by atoms with van der Waals surface area (Å²) in [5.74, 6) is 0.379. The second-order valence-electron chi connectivity index (χ2n) is 4.46. The van der Waals surface area contributed by atoms with E-state index in [-0.39, 0.29) is 5.82 Å². The lowest BCUT2D eigenvalue weighted by molar-refractivity contribution is 0.393. The van der Waals surface area contributed by atoms with Crippen molar-refractivity contribution < 1.29 is 9.13 Å². The molecule has 0 fully saturated rings. The van der Waals surface area contributed by atoms with Gasteiger partial charge in [0.2, 0.25) is 5.88 Å². The third kappa shape index (κ3) is 2.95. The third-order valence-corrected chi connectivity index (χ3v) is 4.66. The smallest absolute Gasteiger partial charge is 0.237 e. The van der Waals surface area contributed by atoms with Crippen molar-refractivity contribution in [3.8, 4) is 5.88 Å². The highest BCUT2D eigenvalue weighted by atomic mass is 79.9. The van der Waals surface area contributed by atoms with E-state index in [2.05, 4.69) is 26.2 Å². The van der Waals surface area contributed by atoms with Gasteiger partial charge in [-0.1, -0.05) is 15.9 Å². The quantitative estimate of drug-likeness (QED) is 0.746. The second kappa shape index (κ2) is 6.13. The summed E-state index contributed by atoms with van der Waals surface area (Å²) < 4.78 is 21.4. The van der Waals surface area contributed by atoms with Crippen LogP contribution in [-0.2, 0) is 13.1 Å². The van der Waals surface area contributed by atoms with E-state index >= 15 is 0 Å². The molecule has 0 bridgehead atoms. The first-order valence-corrected chi connectivity index (χ1v) is 7.99. The van der Waals surface area contributed by atoms with E-state index in [1.54, 1.807) is 24.5 Å². The van der Waals surface area contributed by atoms with Crippen LogP contribution in [0, 0.1) is 5.82 Å². The molecule has 0 radical (unpaired) electrons. The van der Waals surface area contributed by atoms with Crippen LogP contribution in [0.2, 0.25) is 0 Å². The Bertz CT molecular complexity index is 771. The third-order valence-electron chi connectivity index (χ3n) is 3.13. The van der Waals surface area contributed by atoms with Crippen molar-refractivity contribution in [3.63, 3.8) is 0 Å². The second-order valence-corrected chi connectivity index (χ2v) is 6.19. The first-order valence-electron chi connectivity index (χ1n) is 6.32. The number of hydrogen-bond acceptors (Lipinski definition) is 4. The number of aromatic nitrogens is 2. The van der Waals surface area contributed by atoms with Gasteiger partial charge >= 0.3 is 0 Å². The molecule has 2 heterocycles. The number of benzene rings is 1. The van der Waals surface area contributed by atoms with Crippen molar-refractivity contribution in [1.82, 2.24) is 14.7 Å². The van der Waals surface area contributed by atoms with Crippen LogP contribution >= 0.6 is 27.3 Å². The maximum atomic E-state index is 13.3. The van der Waals surface area contributed by atoms with Gasteiger partial charge in [0, 0.05) is 29.1 Å². The average Bonchev–Trinajstić information content (AvgIpc) is 3.04. The fourth-order valence-electron chi connectivity index (χ4n) is 2.13. The molecule has 0 saturated heterocycles. The van der Waals surface area contributed by atoms with Gasteiger partial charge < -0.3 is 10.1 Å². The summed E-state index contributed by atoms with van der Waals surface area (Å²) in [4.78, 5) is 5.30. The lowest BCUT2D eigenvalue weighted by atomic mass is 10.2. The number of ether oxygens (including phenoxy) is 1. The normalized spacial score (nSPS) is 11.2. The van der Waals surface area contributed by atoms with E-state index in [0.717, 1.165) is 20.7 Å². The Morgan fingerprint density at radius 2 is 2.29 bits per heavy atom. The van der Waals surface area contributed by atoms with E-state index in [1.165, 1.54) is 12.1 Å². The standard InChI is InChI=1S/C14H13BrFN3OS/c1-20-13-12(19-4-5-21-14(19)18-13)8-17-7-9-6-10(16)2-3-11(9)15/h2-6,17H,7-8H2,1H3. The number of thiazole rings is 1. The minimum absolute atomic E-state index is 0.239. The van der Waals surface area contributed by atoms with Crippen LogP contribution in [0.5, 0.6) is 5.88 Å². The fraction of sp³-hybridized carbons (Fsp3) is 0.214. The Balaban J connectivity index is 1.74. The maximum absolute atomic E-state index is 13.3. The molecule has 21 heavy (non-hydrogen) atoms. The molecule has 0 amide bonds. The molecule has 0 unspecified atom stereocenters. The summed E-state index contributed by atoms with van der Waals surface area (Å²) in [6.07, 6.45) is 1.96. The summed E-state index contributed by atoms with van der Waals surface area (Å²) in [5.41, 5.74) is 1.83. The Kier molecular flexibility index (Phi) is 4.23. The van der Waals surface area contributed by atoms with E-state index in [1.807, 2.05) is 16.0 Å². The van der Waals surface area contributed by atoms with Gasteiger partial charge in [0.15, 0.2) is 4.96 Å². The first kappa shape index (κ1) is 14.5. The SMILES string of the molecule is COc1nc2sccn2c1CNCc1cc(F)ccc1Br. The van der Waals surface area contributed by atoms with Gasteiger partial charge in [-0.25, -0.2) is 4.39 Å². The van der Waals surface area contributed by atoms with E-state index in [4.69, 9.17) is 4.74 Å². The molecule has 110 valence electrons. The number of nitrogens with zero attached hydrogens (tertiary/aromatic N) is 2. The van der Waals surface area contributed by atoms with E-state index in [9.17, 15) is 4.39 Å². The topological polar surface area (TPSA) is 38.6 Å². The van der Waals surface area contributed by atoms with Crippen molar-refractivity contribution >= 4 is 32.2 Å². The van der Waals surface area contributed by atoms with Crippen molar-refractivity contribution in [3.05, 3.63) is 51.3 Å². The molecule has 4 nitrogen and oxygen atoms in total. The fourth-order valence-corrected chi connectivity index (χ4v) is 3.24. The van der Waals surface area contributed by atoms with Crippen LogP contribution in [0.4, 0.5) is 4.39 Å². The molecule has 0 aliphatic carbocycles. The van der Waals surface area contributed by atoms with Gasteiger partial charge in [-0.3, -0.25) is 4.40 Å². The Labute approximate surface area is 133 Å². The van der Waals surface area contributed by atoms with Crippen LogP contribution in [0.15, 0.2) is 34.2 Å². The van der Waals surface area contributed by atoms with Crippen molar-refractivity contribution in [1.29, 1.82) is 0 Å². The minimum atomic E-state index is -0.239. The van der Waals surface area contributed by atoms with Crippen LogP contribution in [-0.4, -0.2) is 16.5 Å². The van der Waals surface area contributed by atoms with Gasteiger partial charge in [-0.2, -0.15) is 4.98 Å². The van der Waals surface area contributed by atoms with E-state index < -0.39 is 0 Å². The Hall–Kier alpha value is -1.44. The number of methoxy groups -OCH3 is 1. The van der Waals surface area contributed by atoms with Crippen molar-refractivity contribution in [2.24, 2.45) is 0 Å². The highest BCUT2D eigenvalue weighted by Crippen LogP contribution is 2.23. The summed E-state index contributed by atoms with van der Waals surface area (Å²) in [5, 5.41) is 5.28. The zero-order valence-electron chi connectivity index (χ0n) is 11.3. The summed E-state index contributed by atoms with van der Waals surface area (Å²) in [6.45, 7) is 1.14. The number of fused-ring (bicyclic) bond motifs is 1.